The van der Waals surface area contributed by atoms with E-state index in [4.69, 9.17) is 20.8 Å². The van der Waals surface area contributed by atoms with Gasteiger partial charge in [-0.25, -0.2) is 0 Å². The molecule has 0 aliphatic carbocycles. The summed E-state index contributed by atoms with van der Waals surface area (Å²) in [6, 6.07) is 22.7. The molecule has 3 aromatic carbocycles. The molecule has 1 fully saturated rings. The van der Waals surface area contributed by atoms with Crippen molar-refractivity contribution in [3.63, 3.8) is 0 Å². The second-order valence-corrected chi connectivity index (χ2v) is 10.6. The van der Waals surface area contributed by atoms with Crippen molar-refractivity contribution in [3.8, 4) is 11.5 Å². The summed E-state index contributed by atoms with van der Waals surface area (Å²) < 4.78 is 11.3. The minimum Gasteiger partial charge on any atom is -0.507 e. The molecule has 2 N–H and O–H groups in total. The third-order valence-electron chi connectivity index (χ3n) is 6.01. The topological polar surface area (TPSA) is 117 Å². The predicted molar refractivity (Wildman–Crippen MR) is 165 cm³/mol. The molecule has 1 aliphatic rings. The number of thioether (sulfide) groups is 1. The quantitative estimate of drug-likeness (QED) is 0.129. The second-order valence-electron chi connectivity index (χ2n) is 9.15. The fourth-order valence-electron chi connectivity index (χ4n) is 3.90. The van der Waals surface area contributed by atoms with E-state index in [1.54, 1.807) is 48.5 Å². The molecule has 0 atom stereocenters. The van der Waals surface area contributed by atoms with Gasteiger partial charge in [0.05, 0.1) is 23.9 Å². The molecule has 212 valence electrons. The Kier molecular flexibility index (Phi) is 9.05. The van der Waals surface area contributed by atoms with Crippen molar-refractivity contribution in [2.75, 3.05) is 11.9 Å². The Balaban J connectivity index is 1.35. The lowest BCUT2D eigenvalue weighted by molar-refractivity contribution is -0.122. The van der Waals surface area contributed by atoms with Crippen LogP contribution >= 0.6 is 23.4 Å². The summed E-state index contributed by atoms with van der Waals surface area (Å²) in [6.07, 6.45) is 4.57. The molecule has 0 bridgehead atoms. The molecule has 2 heterocycles. The molecule has 9 nitrogen and oxygen atoms in total. The van der Waals surface area contributed by atoms with Crippen molar-refractivity contribution in [1.82, 2.24) is 4.90 Å². The number of phenols is 1. The van der Waals surface area contributed by atoms with Crippen molar-refractivity contribution in [2.45, 2.75) is 13.5 Å². The number of benzene rings is 3. The lowest BCUT2D eigenvalue weighted by atomic mass is 10.2. The average Bonchev–Trinajstić information content (AvgIpc) is 3.60. The number of para-hydroxylation sites is 1. The standard InChI is InChI=1S/C31H25ClN4O5S/c1-20-8-11-24(12-9-20)34-29(38)19-41-27-7-3-2-5-21(27)16-28-30(39)36(18-25-6-4-14-40-25)31(42-28)35-33-17-22-15-23(32)10-13-26(22)37/h2-17,37H,18-19H2,1H3,(H,34,38)/b28-16-,33-17-,35-31+. The molecule has 0 radical (unpaired) electrons. The van der Waals surface area contributed by atoms with Gasteiger partial charge in [-0.15, -0.1) is 5.10 Å². The lowest BCUT2D eigenvalue weighted by Gasteiger charge is -2.12. The number of phenolic OH excluding ortho intramolecular Hbond substituents is 1. The van der Waals surface area contributed by atoms with Gasteiger partial charge < -0.3 is 19.6 Å². The molecule has 5 rings (SSSR count). The van der Waals surface area contributed by atoms with Gasteiger partial charge in [-0.2, -0.15) is 5.10 Å². The Morgan fingerprint density at radius 2 is 1.90 bits per heavy atom. The first-order valence-corrected chi connectivity index (χ1v) is 14.0. The maximum atomic E-state index is 13.5. The molecule has 42 heavy (non-hydrogen) atoms. The van der Waals surface area contributed by atoms with Gasteiger partial charge in [-0.1, -0.05) is 47.5 Å². The van der Waals surface area contributed by atoms with Gasteiger partial charge in [-0.3, -0.25) is 14.5 Å². The number of hydrogen-bond acceptors (Lipinski definition) is 8. The highest BCUT2D eigenvalue weighted by Crippen LogP contribution is 2.35. The van der Waals surface area contributed by atoms with Crippen molar-refractivity contribution in [3.05, 3.63) is 118 Å². The number of amidine groups is 1. The number of carbonyl (C=O) groups is 2. The van der Waals surface area contributed by atoms with Gasteiger partial charge in [0, 0.05) is 21.8 Å². The minimum absolute atomic E-state index is 0.00400. The van der Waals surface area contributed by atoms with Crippen LogP contribution in [-0.4, -0.2) is 39.8 Å². The Morgan fingerprint density at radius 1 is 1.10 bits per heavy atom. The van der Waals surface area contributed by atoms with Crippen molar-refractivity contribution in [1.29, 1.82) is 0 Å². The molecule has 0 unspecified atom stereocenters. The van der Waals surface area contributed by atoms with E-state index in [1.165, 1.54) is 23.4 Å². The summed E-state index contributed by atoms with van der Waals surface area (Å²) >= 11 is 7.15. The zero-order valence-electron chi connectivity index (χ0n) is 22.4. The average molecular weight is 601 g/mol. The van der Waals surface area contributed by atoms with Crippen LogP contribution in [0, 0.1) is 6.92 Å². The minimum atomic E-state index is -0.310. The molecule has 2 amide bonds. The largest absolute Gasteiger partial charge is 0.507 e. The van der Waals surface area contributed by atoms with E-state index >= 15 is 0 Å². The van der Waals surface area contributed by atoms with Crippen LogP contribution in [0.1, 0.15) is 22.5 Å². The molecule has 0 saturated carbocycles. The number of rotatable bonds is 9. The molecule has 1 aliphatic heterocycles. The number of hydrogen-bond donors (Lipinski definition) is 2. The number of aromatic hydroxyl groups is 1. The van der Waals surface area contributed by atoms with Gasteiger partial charge in [0.25, 0.3) is 11.8 Å². The summed E-state index contributed by atoms with van der Waals surface area (Å²) in [7, 11) is 0. The third-order valence-corrected chi connectivity index (χ3v) is 7.24. The number of nitrogens with one attached hydrogen (secondary N) is 1. The maximum Gasteiger partial charge on any atom is 0.267 e. The first-order valence-electron chi connectivity index (χ1n) is 12.8. The van der Waals surface area contributed by atoms with Crippen molar-refractivity contribution < 1.29 is 23.8 Å². The zero-order valence-corrected chi connectivity index (χ0v) is 23.9. The maximum absolute atomic E-state index is 13.5. The summed E-state index contributed by atoms with van der Waals surface area (Å²) in [5.74, 6) is 0.390. The number of anilines is 1. The highest BCUT2D eigenvalue weighted by molar-refractivity contribution is 8.18. The second kappa shape index (κ2) is 13.2. The van der Waals surface area contributed by atoms with Crippen LogP contribution in [0.5, 0.6) is 11.5 Å². The Morgan fingerprint density at radius 3 is 2.69 bits per heavy atom. The molecular formula is C31H25ClN4O5S. The number of amides is 2. The number of nitrogens with zero attached hydrogens (tertiary/aromatic N) is 3. The van der Waals surface area contributed by atoms with E-state index in [9.17, 15) is 14.7 Å². The van der Waals surface area contributed by atoms with E-state index in [2.05, 4.69) is 15.5 Å². The molecule has 1 saturated heterocycles. The summed E-state index contributed by atoms with van der Waals surface area (Å²) in [6.45, 7) is 1.90. The van der Waals surface area contributed by atoms with Crippen LogP contribution in [0.3, 0.4) is 0 Å². The van der Waals surface area contributed by atoms with Crippen LogP contribution in [0.15, 0.2) is 105 Å². The van der Waals surface area contributed by atoms with Crippen molar-refractivity contribution >= 4 is 58.3 Å². The van der Waals surface area contributed by atoms with Gasteiger partial charge >= 0.3 is 0 Å². The number of halogens is 1. The summed E-state index contributed by atoms with van der Waals surface area (Å²) in [5, 5.41) is 22.0. The SMILES string of the molecule is Cc1ccc(NC(=O)COc2ccccc2/C=C2\S/C(=N/N=C\c3cc(Cl)ccc3O)N(Cc3ccco3)C2=O)cc1. The van der Waals surface area contributed by atoms with Crippen LogP contribution in [0.4, 0.5) is 5.69 Å². The molecule has 1 aromatic heterocycles. The molecular weight excluding hydrogens is 576 g/mol. The first kappa shape index (κ1) is 28.7. The Bertz CT molecular complexity index is 1680. The van der Waals surface area contributed by atoms with Crippen LogP contribution in [0.2, 0.25) is 5.02 Å². The van der Waals surface area contributed by atoms with Gasteiger partial charge in [0.2, 0.25) is 0 Å². The lowest BCUT2D eigenvalue weighted by Crippen LogP contribution is -2.28. The number of furan rings is 1. The third kappa shape index (κ3) is 7.28. The monoisotopic (exact) mass is 600 g/mol. The number of aryl methyl sites for hydroxylation is 1. The van der Waals surface area contributed by atoms with Crippen LogP contribution in [-0.2, 0) is 16.1 Å². The number of carbonyl (C=O) groups excluding carboxylic acids is 2. The summed E-state index contributed by atoms with van der Waals surface area (Å²) in [5.41, 5.74) is 2.76. The molecule has 11 heteroatoms. The van der Waals surface area contributed by atoms with E-state index in [0.29, 0.717) is 43.4 Å². The van der Waals surface area contributed by atoms with Gasteiger partial charge in [0.1, 0.15) is 17.3 Å². The fourth-order valence-corrected chi connectivity index (χ4v) is 5.01. The predicted octanol–water partition coefficient (Wildman–Crippen LogP) is 6.47. The van der Waals surface area contributed by atoms with Crippen LogP contribution in [0.25, 0.3) is 6.08 Å². The van der Waals surface area contributed by atoms with Gasteiger partial charge in [0.15, 0.2) is 11.8 Å². The van der Waals surface area contributed by atoms with E-state index < -0.39 is 0 Å². The zero-order chi connectivity index (χ0) is 29.5. The first-order chi connectivity index (χ1) is 20.4. The van der Waals surface area contributed by atoms with Crippen molar-refractivity contribution in [2.24, 2.45) is 10.2 Å². The van der Waals surface area contributed by atoms with E-state index in [-0.39, 0.29) is 30.7 Å². The normalized spacial score (nSPS) is 15.2. The highest BCUT2D eigenvalue weighted by atomic mass is 35.5. The van der Waals surface area contributed by atoms with E-state index in [1.807, 2.05) is 37.3 Å². The van der Waals surface area contributed by atoms with E-state index in [0.717, 1.165) is 17.3 Å². The molecule has 4 aromatic rings. The fraction of sp³-hybridized carbons (Fsp3) is 0.0968. The highest BCUT2D eigenvalue weighted by Gasteiger charge is 2.34. The number of ether oxygens (including phenoxy) is 1. The smallest absolute Gasteiger partial charge is 0.267 e. The Hall–Kier alpha value is -4.80. The van der Waals surface area contributed by atoms with Crippen LogP contribution < -0.4 is 10.1 Å². The summed E-state index contributed by atoms with van der Waals surface area (Å²) in [4.78, 5) is 27.8. The van der Waals surface area contributed by atoms with Gasteiger partial charge in [-0.05, 0) is 73.3 Å². The Labute approximate surface area is 251 Å². The molecule has 0 spiro atoms.